The summed E-state index contributed by atoms with van der Waals surface area (Å²) in [6.07, 6.45) is 25.5. The number of hydrogen-bond donors (Lipinski definition) is 0. The predicted octanol–water partition coefficient (Wildman–Crippen LogP) is 4.37. The predicted molar refractivity (Wildman–Crippen MR) is 62.9 cm³/mol. The first-order valence-corrected chi connectivity index (χ1v) is 5.54. The van der Waals surface area contributed by atoms with Crippen LogP contribution in [0.5, 0.6) is 0 Å². The molecule has 0 saturated heterocycles. The Kier molecular flexibility index (Phi) is 6.74. The second kappa shape index (κ2) is 8.55. The van der Waals surface area contributed by atoms with Crippen LogP contribution in [0.1, 0.15) is 38.5 Å². The van der Waals surface area contributed by atoms with Crippen LogP contribution < -0.4 is 0 Å². The summed E-state index contributed by atoms with van der Waals surface area (Å²) in [5.74, 6) is 0. The highest BCUT2D eigenvalue weighted by molar-refractivity contribution is 5.03. The van der Waals surface area contributed by atoms with E-state index in [9.17, 15) is 0 Å². The van der Waals surface area contributed by atoms with Crippen molar-refractivity contribution in [3.8, 4) is 0 Å². The van der Waals surface area contributed by atoms with Crippen LogP contribution in [0.15, 0.2) is 42.5 Å². The van der Waals surface area contributed by atoms with Crippen molar-refractivity contribution in [3.05, 3.63) is 48.6 Å². The summed E-state index contributed by atoms with van der Waals surface area (Å²) in [6.45, 7) is 0. The van der Waals surface area contributed by atoms with E-state index < -0.39 is 0 Å². The summed E-state index contributed by atoms with van der Waals surface area (Å²) in [5.41, 5.74) is 0. The molecule has 0 aromatic rings. The lowest BCUT2D eigenvalue weighted by Gasteiger charge is -1.91. The molecule has 14 heavy (non-hydrogen) atoms. The maximum Gasteiger partial charge on any atom is -0.0230 e. The molecule has 0 aromatic heterocycles. The van der Waals surface area contributed by atoms with Crippen LogP contribution in [-0.2, 0) is 0 Å². The van der Waals surface area contributed by atoms with E-state index in [1.165, 1.54) is 25.7 Å². The first-order chi connectivity index (χ1) is 7.00. The third-order valence-corrected chi connectivity index (χ3v) is 2.18. The Balaban J connectivity index is 2.33. The molecule has 0 aliphatic heterocycles. The average Bonchev–Trinajstić information content (AvgIpc) is 2.22. The van der Waals surface area contributed by atoms with Gasteiger partial charge in [0, 0.05) is 0 Å². The fourth-order valence-corrected chi connectivity index (χ4v) is 1.34. The Morgan fingerprint density at radius 1 is 0.714 bits per heavy atom. The van der Waals surface area contributed by atoms with E-state index in [-0.39, 0.29) is 0 Å². The van der Waals surface area contributed by atoms with Gasteiger partial charge in [0.1, 0.15) is 0 Å². The second-order valence-electron chi connectivity index (χ2n) is 3.49. The molecule has 0 unspecified atom stereocenters. The van der Waals surface area contributed by atoms with Crippen molar-refractivity contribution in [2.45, 2.75) is 38.5 Å². The van der Waals surface area contributed by atoms with Crippen molar-refractivity contribution in [2.24, 2.45) is 0 Å². The third-order valence-electron chi connectivity index (χ3n) is 2.18. The van der Waals surface area contributed by atoms with E-state index in [1.807, 2.05) is 6.08 Å². The summed E-state index contributed by atoms with van der Waals surface area (Å²) in [5, 5.41) is 0. The molecule has 75 valence electrons. The molecule has 0 heterocycles. The summed E-state index contributed by atoms with van der Waals surface area (Å²) in [4.78, 5) is 0. The highest BCUT2D eigenvalue weighted by Gasteiger charge is 1.82. The Morgan fingerprint density at radius 3 is 2.14 bits per heavy atom. The molecular weight excluding hydrogens is 168 g/mol. The number of rotatable bonds is 0. The molecule has 0 heteroatoms. The smallest absolute Gasteiger partial charge is 0.0230 e. The largest absolute Gasteiger partial charge is 0.0845 e. The van der Waals surface area contributed by atoms with Crippen LogP contribution in [0, 0.1) is 6.08 Å². The lowest BCUT2D eigenvalue weighted by atomic mass is 10.2. The minimum absolute atomic E-state index is 1.14. The third kappa shape index (κ3) is 6.47. The van der Waals surface area contributed by atoms with Crippen LogP contribution in [0.3, 0.4) is 0 Å². The SMILES string of the molecule is [C]1=CCCCC=CC=CCCCC=C1. The molecule has 0 aromatic carbocycles. The zero-order valence-corrected chi connectivity index (χ0v) is 8.78. The van der Waals surface area contributed by atoms with Gasteiger partial charge in [0.15, 0.2) is 0 Å². The van der Waals surface area contributed by atoms with Gasteiger partial charge in [-0.2, -0.15) is 0 Å². The zero-order valence-electron chi connectivity index (χ0n) is 8.78. The van der Waals surface area contributed by atoms with Gasteiger partial charge in [0.05, 0.1) is 0 Å². The molecule has 0 bridgehead atoms. The molecule has 1 rings (SSSR count). The van der Waals surface area contributed by atoms with Gasteiger partial charge in [-0.15, -0.1) is 0 Å². The van der Waals surface area contributed by atoms with Gasteiger partial charge in [-0.3, -0.25) is 0 Å². The van der Waals surface area contributed by atoms with Gasteiger partial charge in [-0.1, -0.05) is 42.5 Å². The molecule has 1 aliphatic carbocycles. The van der Waals surface area contributed by atoms with Crippen LogP contribution in [0.25, 0.3) is 0 Å². The van der Waals surface area contributed by atoms with E-state index >= 15 is 0 Å². The second-order valence-corrected chi connectivity index (χ2v) is 3.49. The Hall–Kier alpha value is -1.04. The fourth-order valence-electron chi connectivity index (χ4n) is 1.34. The highest BCUT2D eigenvalue weighted by Crippen LogP contribution is 2.02. The molecule has 0 fully saturated rings. The zero-order chi connectivity index (χ0) is 9.90. The Labute approximate surface area is 87.7 Å². The Morgan fingerprint density at radius 2 is 1.36 bits per heavy atom. The summed E-state index contributed by atoms with van der Waals surface area (Å²) in [7, 11) is 0. The van der Waals surface area contributed by atoms with Crippen molar-refractivity contribution in [3.63, 3.8) is 0 Å². The van der Waals surface area contributed by atoms with Crippen LogP contribution >= 0.6 is 0 Å². The number of allylic oxidation sites excluding steroid dienone is 8. The maximum atomic E-state index is 3.19. The first kappa shape index (κ1) is 11.0. The standard InChI is InChI=1S/C14H19/c1-2-4-6-8-10-12-14-13-11-9-7-5-3-1/h1-4,11-13H,5-10H2. The molecule has 0 atom stereocenters. The van der Waals surface area contributed by atoms with Crippen molar-refractivity contribution in [1.29, 1.82) is 0 Å². The molecular formula is C14H19. The lowest BCUT2D eigenvalue weighted by molar-refractivity contribution is 0.860. The van der Waals surface area contributed by atoms with Gasteiger partial charge in [-0.05, 0) is 44.6 Å². The van der Waals surface area contributed by atoms with Crippen molar-refractivity contribution in [1.82, 2.24) is 0 Å². The molecule has 1 aliphatic rings. The average molecular weight is 187 g/mol. The number of hydrogen-bond acceptors (Lipinski definition) is 0. The lowest BCUT2D eigenvalue weighted by Crippen LogP contribution is -1.71. The quantitative estimate of drug-likeness (QED) is 0.528. The topological polar surface area (TPSA) is 0 Å². The normalized spacial score (nSPS) is 19.4. The summed E-state index contributed by atoms with van der Waals surface area (Å²) in [6, 6.07) is 0. The van der Waals surface area contributed by atoms with Gasteiger partial charge in [0.25, 0.3) is 0 Å². The molecule has 1 radical (unpaired) electrons. The monoisotopic (exact) mass is 187 g/mol. The van der Waals surface area contributed by atoms with Crippen LogP contribution in [0.2, 0.25) is 0 Å². The van der Waals surface area contributed by atoms with Gasteiger partial charge >= 0.3 is 0 Å². The van der Waals surface area contributed by atoms with E-state index in [0.29, 0.717) is 0 Å². The van der Waals surface area contributed by atoms with Crippen molar-refractivity contribution >= 4 is 0 Å². The van der Waals surface area contributed by atoms with Gasteiger partial charge in [0.2, 0.25) is 0 Å². The fraction of sp³-hybridized carbons (Fsp3) is 0.429. The Bertz CT molecular complexity index is 178. The van der Waals surface area contributed by atoms with E-state index in [0.717, 1.165) is 12.8 Å². The molecule has 0 amide bonds. The summed E-state index contributed by atoms with van der Waals surface area (Å²) >= 11 is 0. The minimum atomic E-state index is 1.14. The van der Waals surface area contributed by atoms with Crippen LogP contribution in [-0.4, -0.2) is 0 Å². The van der Waals surface area contributed by atoms with Crippen LogP contribution in [0.4, 0.5) is 0 Å². The molecule has 0 saturated carbocycles. The molecule has 0 nitrogen and oxygen atoms in total. The van der Waals surface area contributed by atoms with Gasteiger partial charge in [-0.25, -0.2) is 0 Å². The maximum absolute atomic E-state index is 3.19. The van der Waals surface area contributed by atoms with Crippen molar-refractivity contribution in [2.75, 3.05) is 0 Å². The molecule has 0 spiro atoms. The molecule has 0 N–H and O–H groups in total. The van der Waals surface area contributed by atoms with E-state index in [1.54, 1.807) is 0 Å². The minimum Gasteiger partial charge on any atom is -0.0845 e. The van der Waals surface area contributed by atoms with E-state index in [4.69, 9.17) is 0 Å². The van der Waals surface area contributed by atoms with E-state index in [2.05, 4.69) is 42.5 Å². The van der Waals surface area contributed by atoms with Crippen molar-refractivity contribution < 1.29 is 0 Å². The highest BCUT2D eigenvalue weighted by atomic mass is 13.9. The summed E-state index contributed by atoms with van der Waals surface area (Å²) < 4.78 is 0. The van der Waals surface area contributed by atoms with Gasteiger partial charge < -0.3 is 0 Å². The first-order valence-electron chi connectivity index (χ1n) is 5.54.